The van der Waals surface area contributed by atoms with Crippen LogP contribution in [0.15, 0.2) is 40.9 Å². The number of hydrogen-bond acceptors (Lipinski definition) is 3. The van der Waals surface area contributed by atoms with Crippen molar-refractivity contribution < 1.29 is 13.9 Å². The van der Waals surface area contributed by atoms with E-state index in [1.54, 1.807) is 26.4 Å². The van der Waals surface area contributed by atoms with Gasteiger partial charge in [-0.05, 0) is 36.2 Å². The highest BCUT2D eigenvalue weighted by Gasteiger charge is 2.19. The molecule has 0 amide bonds. The summed E-state index contributed by atoms with van der Waals surface area (Å²) in [6.45, 7) is 0. The molecule has 112 valence electrons. The van der Waals surface area contributed by atoms with E-state index >= 15 is 0 Å². The third-order valence-electron chi connectivity index (χ3n) is 3.29. The zero-order valence-electron chi connectivity index (χ0n) is 11.9. The van der Waals surface area contributed by atoms with Gasteiger partial charge in [-0.25, -0.2) is 4.39 Å². The first-order chi connectivity index (χ1) is 10.1. The minimum absolute atomic E-state index is 0.284. The summed E-state index contributed by atoms with van der Waals surface area (Å²) in [5.41, 5.74) is 7.54. The summed E-state index contributed by atoms with van der Waals surface area (Å²) < 4.78 is 25.3. The topological polar surface area (TPSA) is 44.5 Å². The number of rotatable bonds is 5. The quantitative estimate of drug-likeness (QED) is 0.887. The Morgan fingerprint density at radius 3 is 2.29 bits per heavy atom. The van der Waals surface area contributed by atoms with Gasteiger partial charge in [-0.1, -0.05) is 28.1 Å². The van der Waals surface area contributed by atoms with Crippen LogP contribution in [0.4, 0.5) is 4.39 Å². The van der Waals surface area contributed by atoms with Crippen molar-refractivity contribution in [1.29, 1.82) is 0 Å². The highest BCUT2D eigenvalue weighted by molar-refractivity contribution is 9.10. The Labute approximate surface area is 132 Å². The lowest BCUT2D eigenvalue weighted by Crippen LogP contribution is -2.16. The fraction of sp³-hybridized carbons (Fsp3) is 0.250. The molecule has 0 fully saturated rings. The number of halogens is 2. The van der Waals surface area contributed by atoms with E-state index < -0.39 is 6.04 Å². The molecule has 2 aromatic carbocycles. The van der Waals surface area contributed by atoms with Crippen LogP contribution in [0, 0.1) is 5.82 Å². The zero-order valence-corrected chi connectivity index (χ0v) is 13.5. The SMILES string of the molecule is COc1cccc(OC)c1C(N)Cc1ccc(Br)cc1F. The van der Waals surface area contributed by atoms with Crippen LogP contribution in [0.3, 0.4) is 0 Å². The van der Waals surface area contributed by atoms with E-state index in [-0.39, 0.29) is 5.82 Å². The minimum atomic E-state index is -0.424. The maximum atomic E-state index is 13.9. The number of ether oxygens (including phenoxy) is 2. The van der Waals surface area contributed by atoms with Crippen LogP contribution in [-0.4, -0.2) is 14.2 Å². The third kappa shape index (κ3) is 3.54. The summed E-state index contributed by atoms with van der Waals surface area (Å²) in [5.74, 6) is 0.993. The van der Waals surface area contributed by atoms with E-state index in [0.717, 1.165) is 5.56 Å². The Morgan fingerprint density at radius 1 is 1.14 bits per heavy atom. The maximum Gasteiger partial charge on any atom is 0.127 e. The summed E-state index contributed by atoms with van der Waals surface area (Å²) in [7, 11) is 3.15. The Morgan fingerprint density at radius 2 is 1.76 bits per heavy atom. The van der Waals surface area contributed by atoms with Crippen molar-refractivity contribution in [2.45, 2.75) is 12.5 Å². The Kier molecular flexibility index (Phi) is 5.20. The van der Waals surface area contributed by atoms with Gasteiger partial charge in [0, 0.05) is 10.5 Å². The maximum absolute atomic E-state index is 13.9. The van der Waals surface area contributed by atoms with Gasteiger partial charge >= 0.3 is 0 Å². The molecule has 0 aliphatic carbocycles. The van der Waals surface area contributed by atoms with Gasteiger partial charge in [-0.3, -0.25) is 0 Å². The number of hydrogen-bond donors (Lipinski definition) is 1. The van der Waals surface area contributed by atoms with Crippen molar-refractivity contribution in [2.24, 2.45) is 5.73 Å². The molecule has 0 saturated carbocycles. The molecule has 0 aromatic heterocycles. The Balaban J connectivity index is 2.33. The summed E-state index contributed by atoms with van der Waals surface area (Å²) in [5, 5.41) is 0. The van der Waals surface area contributed by atoms with Crippen LogP contribution in [0.25, 0.3) is 0 Å². The number of benzene rings is 2. The monoisotopic (exact) mass is 353 g/mol. The molecule has 5 heteroatoms. The van der Waals surface area contributed by atoms with Gasteiger partial charge in [0.1, 0.15) is 17.3 Å². The van der Waals surface area contributed by atoms with Crippen LogP contribution in [-0.2, 0) is 6.42 Å². The third-order valence-corrected chi connectivity index (χ3v) is 3.78. The van der Waals surface area contributed by atoms with Gasteiger partial charge in [0.05, 0.1) is 19.8 Å². The molecule has 2 rings (SSSR count). The van der Waals surface area contributed by atoms with E-state index in [0.29, 0.717) is 28.0 Å². The molecule has 2 N–H and O–H groups in total. The van der Waals surface area contributed by atoms with E-state index in [1.165, 1.54) is 6.07 Å². The molecule has 2 aromatic rings. The van der Waals surface area contributed by atoms with E-state index in [2.05, 4.69) is 15.9 Å². The molecule has 3 nitrogen and oxygen atoms in total. The fourth-order valence-electron chi connectivity index (χ4n) is 2.27. The molecule has 0 heterocycles. The predicted octanol–water partition coefficient (Wildman–Crippen LogP) is 3.85. The first-order valence-corrected chi connectivity index (χ1v) is 7.26. The van der Waals surface area contributed by atoms with Crippen LogP contribution >= 0.6 is 15.9 Å². The first kappa shape index (κ1) is 15.8. The van der Waals surface area contributed by atoms with E-state index in [9.17, 15) is 4.39 Å². The van der Waals surface area contributed by atoms with Crippen molar-refractivity contribution >= 4 is 15.9 Å². The summed E-state index contributed by atoms with van der Waals surface area (Å²) in [4.78, 5) is 0. The Bertz CT molecular complexity index is 611. The minimum Gasteiger partial charge on any atom is -0.496 e. The highest BCUT2D eigenvalue weighted by Crippen LogP contribution is 2.34. The second-order valence-electron chi connectivity index (χ2n) is 4.62. The molecule has 0 aliphatic heterocycles. The number of nitrogens with two attached hydrogens (primary N) is 1. The van der Waals surface area contributed by atoms with Gasteiger partial charge in [0.2, 0.25) is 0 Å². The van der Waals surface area contributed by atoms with Crippen molar-refractivity contribution in [1.82, 2.24) is 0 Å². The van der Waals surface area contributed by atoms with Crippen LogP contribution < -0.4 is 15.2 Å². The van der Waals surface area contributed by atoms with Crippen molar-refractivity contribution in [3.63, 3.8) is 0 Å². The van der Waals surface area contributed by atoms with Crippen molar-refractivity contribution in [3.8, 4) is 11.5 Å². The second-order valence-corrected chi connectivity index (χ2v) is 5.54. The smallest absolute Gasteiger partial charge is 0.127 e. The van der Waals surface area contributed by atoms with Gasteiger partial charge in [-0.2, -0.15) is 0 Å². The molecule has 0 saturated heterocycles. The lowest BCUT2D eigenvalue weighted by Gasteiger charge is -2.19. The van der Waals surface area contributed by atoms with E-state index in [1.807, 2.05) is 18.2 Å². The van der Waals surface area contributed by atoms with Crippen LogP contribution in [0.2, 0.25) is 0 Å². The molecule has 1 unspecified atom stereocenters. The Hall–Kier alpha value is -1.59. The summed E-state index contributed by atoms with van der Waals surface area (Å²) in [6, 6.07) is 9.99. The molecule has 0 spiro atoms. The average Bonchev–Trinajstić information content (AvgIpc) is 2.49. The van der Waals surface area contributed by atoms with Crippen LogP contribution in [0.1, 0.15) is 17.2 Å². The lowest BCUT2D eigenvalue weighted by atomic mass is 9.97. The molecule has 1 atom stereocenters. The van der Waals surface area contributed by atoms with Gasteiger partial charge in [0.25, 0.3) is 0 Å². The zero-order chi connectivity index (χ0) is 15.4. The van der Waals surface area contributed by atoms with Gasteiger partial charge < -0.3 is 15.2 Å². The average molecular weight is 354 g/mol. The van der Waals surface area contributed by atoms with Crippen LogP contribution in [0.5, 0.6) is 11.5 Å². The molecule has 0 aliphatic rings. The standard InChI is InChI=1S/C16H17BrFNO2/c1-20-14-4-3-5-15(21-2)16(14)13(19)8-10-6-7-11(17)9-12(10)18/h3-7,9,13H,8,19H2,1-2H3. The normalized spacial score (nSPS) is 12.0. The largest absolute Gasteiger partial charge is 0.496 e. The predicted molar refractivity (Wildman–Crippen MR) is 84.3 cm³/mol. The van der Waals surface area contributed by atoms with Gasteiger partial charge in [-0.15, -0.1) is 0 Å². The summed E-state index contributed by atoms with van der Waals surface area (Å²) in [6.07, 6.45) is 0.357. The van der Waals surface area contributed by atoms with Gasteiger partial charge in [0.15, 0.2) is 0 Å². The fourth-order valence-corrected chi connectivity index (χ4v) is 2.60. The second kappa shape index (κ2) is 6.91. The molecule has 21 heavy (non-hydrogen) atoms. The number of methoxy groups -OCH3 is 2. The summed E-state index contributed by atoms with van der Waals surface area (Å²) >= 11 is 3.24. The molecular formula is C16H17BrFNO2. The van der Waals surface area contributed by atoms with E-state index in [4.69, 9.17) is 15.2 Å². The van der Waals surface area contributed by atoms with Crippen molar-refractivity contribution in [2.75, 3.05) is 14.2 Å². The molecular weight excluding hydrogens is 337 g/mol. The van der Waals surface area contributed by atoms with Crippen molar-refractivity contribution in [3.05, 3.63) is 57.8 Å². The first-order valence-electron chi connectivity index (χ1n) is 6.47. The highest BCUT2D eigenvalue weighted by atomic mass is 79.9. The molecule has 0 radical (unpaired) electrons. The lowest BCUT2D eigenvalue weighted by molar-refractivity contribution is 0.378. The molecule has 0 bridgehead atoms.